The maximum absolute atomic E-state index is 10.9. The SMILES string of the molecule is C=CC(=O)OCC(CC)CC(CC)CC. The zero-order chi connectivity index (χ0) is 11.7. The molecule has 0 bridgehead atoms. The highest BCUT2D eigenvalue weighted by Crippen LogP contribution is 2.21. The molecule has 0 fully saturated rings. The minimum Gasteiger partial charge on any atom is -0.462 e. The van der Waals surface area contributed by atoms with E-state index >= 15 is 0 Å². The highest BCUT2D eigenvalue weighted by atomic mass is 16.5. The lowest BCUT2D eigenvalue weighted by molar-refractivity contribution is -0.139. The Labute approximate surface area is 93.7 Å². The summed E-state index contributed by atoms with van der Waals surface area (Å²) in [5.41, 5.74) is 0. The fourth-order valence-electron chi connectivity index (χ4n) is 1.70. The Kier molecular flexibility index (Phi) is 8.06. The van der Waals surface area contributed by atoms with Crippen molar-refractivity contribution in [2.45, 2.75) is 46.5 Å². The molecule has 0 spiro atoms. The Hall–Kier alpha value is -0.790. The molecule has 0 rings (SSSR count). The topological polar surface area (TPSA) is 26.3 Å². The van der Waals surface area contributed by atoms with E-state index in [1.807, 2.05) is 0 Å². The first kappa shape index (κ1) is 14.2. The van der Waals surface area contributed by atoms with Crippen molar-refractivity contribution in [2.24, 2.45) is 11.8 Å². The number of esters is 1. The summed E-state index contributed by atoms with van der Waals surface area (Å²) in [7, 11) is 0. The first-order valence-electron chi connectivity index (χ1n) is 5.96. The summed E-state index contributed by atoms with van der Waals surface area (Å²) in [5.74, 6) is 0.953. The lowest BCUT2D eigenvalue weighted by atomic mass is 9.89. The van der Waals surface area contributed by atoms with Gasteiger partial charge in [-0.1, -0.05) is 46.6 Å². The van der Waals surface area contributed by atoms with Crippen LogP contribution in [0, 0.1) is 11.8 Å². The van der Waals surface area contributed by atoms with Gasteiger partial charge < -0.3 is 4.74 Å². The molecular formula is C13H24O2. The average Bonchev–Trinajstić information content (AvgIpc) is 2.29. The predicted octanol–water partition coefficient (Wildman–Crippen LogP) is 3.57. The molecule has 0 amide bonds. The molecule has 15 heavy (non-hydrogen) atoms. The molecule has 0 aromatic carbocycles. The smallest absolute Gasteiger partial charge is 0.330 e. The molecule has 1 unspecified atom stereocenters. The Morgan fingerprint density at radius 3 is 2.13 bits per heavy atom. The van der Waals surface area contributed by atoms with Gasteiger partial charge in [-0.15, -0.1) is 0 Å². The highest BCUT2D eigenvalue weighted by molar-refractivity contribution is 5.81. The molecular weight excluding hydrogens is 188 g/mol. The van der Waals surface area contributed by atoms with Crippen molar-refractivity contribution in [3.63, 3.8) is 0 Å². The van der Waals surface area contributed by atoms with E-state index in [1.165, 1.54) is 18.9 Å². The standard InChI is InChI=1S/C13H24O2/c1-5-11(6-2)9-12(7-3)10-15-13(14)8-4/h8,11-12H,4-7,9-10H2,1-3H3. The second-order valence-electron chi connectivity index (χ2n) is 4.03. The Bertz CT molecular complexity index is 183. The Morgan fingerprint density at radius 1 is 1.20 bits per heavy atom. The zero-order valence-electron chi connectivity index (χ0n) is 10.3. The van der Waals surface area contributed by atoms with Gasteiger partial charge in [0.1, 0.15) is 0 Å². The van der Waals surface area contributed by atoms with E-state index in [0.29, 0.717) is 12.5 Å². The van der Waals surface area contributed by atoms with E-state index in [4.69, 9.17) is 4.74 Å². The van der Waals surface area contributed by atoms with Gasteiger partial charge in [-0.2, -0.15) is 0 Å². The molecule has 0 heterocycles. The van der Waals surface area contributed by atoms with E-state index < -0.39 is 0 Å². The summed E-state index contributed by atoms with van der Waals surface area (Å²) in [6, 6.07) is 0. The van der Waals surface area contributed by atoms with Gasteiger partial charge in [0.05, 0.1) is 6.61 Å². The van der Waals surface area contributed by atoms with Crippen LogP contribution >= 0.6 is 0 Å². The third-order valence-electron chi connectivity index (χ3n) is 3.03. The van der Waals surface area contributed by atoms with Gasteiger partial charge in [-0.05, 0) is 18.3 Å². The largest absolute Gasteiger partial charge is 0.462 e. The van der Waals surface area contributed by atoms with E-state index in [9.17, 15) is 4.79 Å². The minimum absolute atomic E-state index is 0.307. The van der Waals surface area contributed by atoms with E-state index in [1.54, 1.807) is 0 Å². The average molecular weight is 212 g/mol. The molecule has 1 atom stereocenters. The van der Waals surface area contributed by atoms with Crippen molar-refractivity contribution < 1.29 is 9.53 Å². The van der Waals surface area contributed by atoms with Crippen LogP contribution in [-0.4, -0.2) is 12.6 Å². The van der Waals surface area contributed by atoms with Crippen molar-refractivity contribution in [2.75, 3.05) is 6.61 Å². The van der Waals surface area contributed by atoms with Gasteiger partial charge in [-0.25, -0.2) is 4.79 Å². The summed E-state index contributed by atoms with van der Waals surface area (Å²) in [6.45, 7) is 10.5. The van der Waals surface area contributed by atoms with Gasteiger partial charge in [0, 0.05) is 6.08 Å². The molecule has 0 aromatic rings. The second-order valence-corrected chi connectivity index (χ2v) is 4.03. The third-order valence-corrected chi connectivity index (χ3v) is 3.03. The number of ether oxygens (including phenoxy) is 1. The molecule has 0 aliphatic heterocycles. The summed E-state index contributed by atoms with van der Waals surface area (Å²) in [6.07, 6.45) is 5.88. The highest BCUT2D eigenvalue weighted by Gasteiger charge is 2.13. The van der Waals surface area contributed by atoms with Crippen LogP contribution < -0.4 is 0 Å². The van der Waals surface area contributed by atoms with Crippen molar-refractivity contribution in [1.29, 1.82) is 0 Å². The fourth-order valence-corrected chi connectivity index (χ4v) is 1.70. The van der Waals surface area contributed by atoms with Gasteiger partial charge in [0.2, 0.25) is 0 Å². The Morgan fingerprint density at radius 2 is 1.73 bits per heavy atom. The first-order chi connectivity index (χ1) is 7.17. The first-order valence-corrected chi connectivity index (χ1v) is 5.96. The summed E-state index contributed by atoms with van der Waals surface area (Å²) in [5, 5.41) is 0. The number of hydrogen-bond donors (Lipinski definition) is 0. The molecule has 0 saturated heterocycles. The molecule has 0 N–H and O–H groups in total. The van der Waals surface area contributed by atoms with Crippen LogP contribution in [0.4, 0.5) is 0 Å². The molecule has 0 aromatic heterocycles. The normalized spacial score (nSPS) is 12.5. The molecule has 0 aliphatic carbocycles. The summed E-state index contributed by atoms with van der Waals surface area (Å²) in [4.78, 5) is 10.9. The molecule has 2 heteroatoms. The Balaban J connectivity index is 3.90. The van der Waals surface area contributed by atoms with Gasteiger partial charge >= 0.3 is 5.97 Å². The second kappa shape index (κ2) is 8.51. The monoisotopic (exact) mass is 212 g/mol. The number of rotatable bonds is 8. The van der Waals surface area contributed by atoms with Crippen LogP contribution in [0.25, 0.3) is 0 Å². The summed E-state index contributed by atoms with van der Waals surface area (Å²) >= 11 is 0. The number of hydrogen-bond acceptors (Lipinski definition) is 2. The van der Waals surface area contributed by atoms with Crippen molar-refractivity contribution >= 4 is 5.97 Å². The molecule has 0 saturated carbocycles. The molecule has 2 nitrogen and oxygen atoms in total. The molecule has 0 aliphatic rings. The van der Waals surface area contributed by atoms with Crippen molar-refractivity contribution in [1.82, 2.24) is 0 Å². The lowest BCUT2D eigenvalue weighted by Gasteiger charge is -2.20. The quantitative estimate of drug-likeness (QED) is 0.454. The van der Waals surface area contributed by atoms with E-state index in [-0.39, 0.29) is 5.97 Å². The van der Waals surface area contributed by atoms with E-state index in [2.05, 4.69) is 27.4 Å². The van der Waals surface area contributed by atoms with Crippen LogP contribution in [-0.2, 0) is 9.53 Å². The van der Waals surface area contributed by atoms with Gasteiger partial charge in [0.25, 0.3) is 0 Å². The zero-order valence-corrected chi connectivity index (χ0v) is 10.3. The molecule has 88 valence electrons. The van der Waals surface area contributed by atoms with Gasteiger partial charge in [-0.3, -0.25) is 0 Å². The number of carbonyl (C=O) groups excluding carboxylic acids is 1. The maximum atomic E-state index is 10.9. The van der Waals surface area contributed by atoms with Crippen LogP contribution in [0.5, 0.6) is 0 Å². The number of carbonyl (C=O) groups is 1. The summed E-state index contributed by atoms with van der Waals surface area (Å²) < 4.78 is 5.08. The molecule has 0 radical (unpaired) electrons. The van der Waals surface area contributed by atoms with E-state index in [0.717, 1.165) is 18.8 Å². The van der Waals surface area contributed by atoms with Crippen LogP contribution in [0.2, 0.25) is 0 Å². The van der Waals surface area contributed by atoms with Crippen molar-refractivity contribution in [3.05, 3.63) is 12.7 Å². The van der Waals surface area contributed by atoms with Crippen LogP contribution in [0.1, 0.15) is 46.5 Å². The minimum atomic E-state index is -0.307. The van der Waals surface area contributed by atoms with Gasteiger partial charge in [0.15, 0.2) is 0 Å². The van der Waals surface area contributed by atoms with Crippen LogP contribution in [0.3, 0.4) is 0 Å². The third kappa shape index (κ3) is 6.32. The van der Waals surface area contributed by atoms with Crippen molar-refractivity contribution in [3.8, 4) is 0 Å². The maximum Gasteiger partial charge on any atom is 0.330 e. The predicted molar refractivity (Wildman–Crippen MR) is 63.6 cm³/mol. The lowest BCUT2D eigenvalue weighted by Crippen LogP contribution is -2.15. The van der Waals surface area contributed by atoms with Crippen LogP contribution in [0.15, 0.2) is 12.7 Å². The fraction of sp³-hybridized carbons (Fsp3) is 0.769.